The molecule has 0 radical (unpaired) electrons. The van der Waals surface area contributed by atoms with Gasteiger partial charge in [-0.3, -0.25) is 14.4 Å². The average Bonchev–Trinajstić information content (AvgIpc) is 3.27. The van der Waals surface area contributed by atoms with Gasteiger partial charge in [0.15, 0.2) is 0 Å². The van der Waals surface area contributed by atoms with Gasteiger partial charge in [0.05, 0.1) is 11.0 Å². The van der Waals surface area contributed by atoms with Crippen LogP contribution in [0.4, 0.5) is 5.69 Å². The largest absolute Gasteiger partial charge is 0.377 e. The smallest absolute Gasteiger partial charge is 0.261 e. The van der Waals surface area contributed by atoms with Crippen LogP contribution in [-0.2, 0) is 14.8 Å². The summed E-state index contributed by atoms with van der Waals surface area (Å²) >= 11 is 0. The molecule has 0 aliphatic carbocycles. The van der Waals surface area contributed by atoms with E-state index in [-0.39, 0.29) is 10.8 Å². The third-order valence-electron chi connectivity index (χ3n) is 6.17. The van der Waals surface area contributed by atoms with Gasteiger partial charge in [0.25, 0.3) is 15.9 Å². The SMILES string of the molecule is Cc1cccc(NS(=O)(=O)c2ccc(C)c(C(=O)N3CCN(CC4CCCO4)CC3)c2)c1. The maximum Gasteiger partial charge on any atom is 0.261 e. The highest BCUT2D eigenvalue weighted by molar-refractivity contribution is 7.92. The van der Waals surface area contributed by atoms with Crippen molar-refractivity contribution in [2.75, 3.05) is 44.1 Å². The molecule has 0 saturated carbocycles. The lowest BCUT2D eigenvalue weighted by Crippen LogP contribution is -2.50. The third-order valence-corrected chi connectivity index (χ3v) is 7.54. The number of hydrogen-bond acceptors (Lipinski definition) is 5. The van der Waals surface area contributed by atoms with E-state index in [1.54, 1.807) is 30.3 Å². The maximum atomic E-state index is 13.2. The molecule has 1 atom stereocenters. The fraction of sp³-hybridized carbons (Fsp3) is 0.458. The lowest BCUT2D eigenvalue weighted by atomic mass is 10.1. The Kier molecular flexibility index (Phi) is 6.83. The van der Waals surface area contributed by atoms with Crippen LogP contribution in [0, 0.1) is 13.8 Å². The van der Waals surface area contributed by atoms with E-state index in [9.17, 15) is 13.2 Å². The molecule has 1 unspecified atom stereocenters. The van der Waals surface area contributed by atoms with Crippen LogP contribution in [0.25, 0.3) is 0 Å². The number of amides is 1. The van der Waals surface area contributed by atoms with E-state index in [1.807, 2.05) is 24.8 Å². The Morgan fingerprint density at radius 1 is 1.09 bits per heavy atom. The number of carbonyl (C=O) groups excluding carboxylic acids is 1. The van der Waals surface area contributed by atoms with Crippen molar-refractivity contribution in [3.63, 3.8) is 0 Å². The monoisotopic (exact) mass is 457 g/mol. The molecule has 2 aliphatic rings. The molecule has 2 fully saturated rings. The molecule has 2 aromatic rings. The topological polar surface area (TPSA) is 79.0 Å². The molecular weight excluding hydrogens is 426 g/mol. The fourth-order valence-electron chi connectivity index (χ4n) is 4.30. The van der Waals surface area contributed by atoms with Crippen molar-refractivity contribution in [2.24, 2.45) is 0 Å². The van der Waals surface area contributed by atoms with E-state index in [0.717, 1.165) is 50.2 Å². The highest BCUT2D eigenvalue weighted by Gasteiger charge is 2.27. The number of ether oxygens (including phenoxy) is 1. The number of rotatable bonds is 6. The fourth-order valence-corrected chi connectivity index (χ4v) is 5.38. The summed E-state index contributed by atoms with van der Waals surface area (Å²) in [7, 11) is -3.80. The van der Waals surface area contributed by atoms with Gasteiger partial charge in [-0.15, -0.1) is 0 Å². The average molecular weight is 458 g/mol. The van der Waals surface area contributed by atoms with Crippen LogP contribution < -0.4 is 4.72 Å². The van der Waals surface area contributed by atoms with E-state index >= 15 is 0 Å². The van der Waals surface area contributed by atoms with Crippen molar-refractivity contribution in [3.05, 3.63) is 59.2 Å². The quantitative estimate of drug-likeness (QED) is 0.721. The molecule has 32 heavy (non-hydrogen) atoms. The first-order chi connectivity index (χ1) is 15.3. The molecule has 0 spiro atoms. The van der Waals surface area contributed by atoms with Crippen LogP contribution in [0.1, 0.15) is 34.3 Å². The minimum absolute atomic E-state index is 0.0879. The van der Waals surface area contributed by atoms with Gasteiger partial charge in [-0.2, -0.15) is 0 Å². The van der Waals surface area contributed by atoms with Crippen LogP contribution >= 0.6 is 0 Å². The van der Waals surface area contributed by atoms with Gasteiger partial charge < -0.3 is 9.64 Å². The van der Waals surface area contributed by atoms with Crippen LogP contribution in [0.2, 0.25) is 0 Å². The van der Waals surface area contributed by atoms with Gasteiger partial charge in [0, 0.05) is 50.6 Å². The molecule has 0 aromatic heterocycles. The van der Waals surface area contributed by atoms with Gasteiger partial charge >= 0.3 is 0 Å². The number of sulfonamides is 1. The van der Waals surface area contributed by atoms with E-state index in [1.165, 1.54) is 6.07 Å². The highest BCUT2D eigenvalue weighted by atomic mass is 32.2. The van der Waals surface area contributed by atoms with Gasteiger partial charge in [-0.25, -0.2) is 8.42 Å². The Morgan fingerprint density at radius 3 is 2.56 bits per heavy atom. The summed E-state index contributed by atoms with van der Waals surface area (Å²) < 4.78 is 34.2. The van der Waals surface area contributed by atoms with Crippen molar-refractivity contribution >= 4 is 21.6 Å². The number of aryl methyl sites for hydroxylation is 2. The normalized spacial score (nSPS) is 19.8. The molecule has 1 amide bonds. The van der Waals surface area contributed by atoms with E-state index in [4.69, 9.17) is 4.74 Å². The summed E-state index contributed by atoms with van der Waals surface area (Å²) in [6, 6.07) is 11.9. The van der Waals surface area contributed by atoms with Crippen molar-refractivity contribution in [1.29, 1.82) is 0 Å². The molecule has 4 rings (SSSR count). The Bertz CT molecular complexity index is 1070. The zero-order valence-electron chi connectivity index (χ0n) is 18.7. The van der Waals surface area contributed by atoms with Gasteiger partial charge in [-0.05, 0) is 62.1 Å². The lowest BCUT2D eigenvalue weighted by molar-refractivity contribution is 0.0432. The first-order valence-electron chi connectivity index (χ1n) is 11.2. The molecule has 8 heteroatoms. The summed E-state index contributed by atoms with van der Waals surface area (Å²) in [5, 5.41) is 0. The summed E-state index contributed by atoms with van der Waals surface area (Å²) in [5.74, 6) is -0.119. The van der Waals surface area contributed by atoms with E-state index < -0.39 is 10.0 Å². The van der Waals surface area contributed by atoms with Crippen LogP contribution in [0.5, 0.6) is 0 Å². The molecule has 2 heterocycles. The summed E-state index contributed by atoms with van der Waals surface area (Å²) in [5.41, 5.74) is 2.67. The molecule has 2 aliphatic heterocycles. The number of anilines is 1. The molecule has 2 aromatic carbocycles. The Morgan fingerprint density at radius 2 is 1.88 bits per heavy atom. The predicted molar refractivity (Wildman–Crippen MR) is 124 cm³/mol. The first-order valence-corrected chi connectivity index (χ1v) is 12.6. The van der Waals surface area contributed by atoms with Gasteiger partial charge in [-0.1, -0.05) is 18.2 Å². The molecule has 2 saturated heterocycles. The van der Waals surface area contributed by atoms with Crippen molar-refractivity contribution in [1.82, 2.24) is 9.80 Å². The molecule has 172 valence electrons. The zero-order chi connectivity index (χ0) is 22.7. The number of benzene rings is 2. The van der Waals surface area contributed by atoms with Crippen LogP contribution in [-0.4, -0.2) is 69.6 Å². The zero-order valence-corrected chi connectivity index (χ0v) is 19.5. The standard InChI is InChI=1S/C24H31N3O4S/c1-18-5-3-6-20(15-18)25-32(29,30)22-9-8-19(2)23(16-22)24(28)27-12-10-26(11-13-27)17-21-7-4-14-31-21/h3,5-6,8-9,15-16,21,25H,4,7,10-14,17H2,1-2H3. The second kappa shape index (κ2) is 9.60. The highest BCUT2D eigenvalue weighted by Crippen LogP contribution is 2.22. The number of piperazine rings is 1. The third kappa shape index (κ3) is 5.31. The summed E-state index contributed by atoms with van der Waals surface area (Å²) in [6.45, 7) is 8.37. The Hall–Kier alpha value is -2.42. The molecule has 7 nitrogen and oxygen atoms in total. The van der Waals surface area contributed by atoms with Crippen molar-refractivity contribution in [3.8, 4) is 0 Å². The van der Waals surface area contributed by atoms with Gasteiger partial charge in [0.1, 0.15) is 0 Å². The number of nitrogens with zero attached hydrogens (tertiary/aromatic N) is 2. The minimum Gasteiger partial charge on any atom is -0.377 e. The second-order valence-corrected chi connectivity index (χ2v) is 10.4. The maximum absolute atomic E-state index is 13.2. The van der Waals surface area contributed by atoms with E-state index in [2.05, 4.69) is 9.62 Å². The number of carbonyl (C=O) groups is 1. The lowest BCUT2D eigenvalue weighted by Gasteiger charge is -2.36. The predicted octanol–water partition coefficient (Wildman–Crippen LogP) is 3.04. The second-order valence-electron chi connectivity index (χ2n) is 8.68. The van der Waals surface area contributed by atoms with Gasteiger partial charge in [0.2, 0.25) is 0 Å². The molecular formula is C24H31N3O4S. The van der Waals surface area contributed by atoms with E-state index in [0.29, 0.717) is 30.4 Å². The van der Waals surface area contributed by atoms with Crippen molar-refractivity contribution < 1.29 is 17.9 Å². The van der Waals surface area contributed by atoms with Crippen LogP contribution in [0.15, 0.2) is 47.4 Å². The molecule has 1 N–H and O–H groups in total. The Balaban J connectivity index is 1.44. The number of hydrogen-bond donors (Lipinski definition) is 1. The molecule has 0 bridgehead atoms. The number of nitrogens with one attached hydrogen (secondary N) is 1. The first kappa shape index (κ1) is 22.8. The summed E-state index contributed by atoms with van der Waals surface area (Å²) in [4.78, 5) is 17.5. The van der Waals surface area contributed by atoms with Crippen LogP contribution in [0.3, 0.4) is 0 Å². The Labute approximate surface area is 190 Å². The summed E-state index contributed by atoms with van der Waals surface area (Å²) in [6.07, 6.45) is 2.54. The minimum atomic E-state index is -3.80. The van der Waals surface area contributed by atoms with Crippen molar-refractivity contribution in [2.45, 2.75) is 37.7 Å².